The van der Waals surface area contributed by atoms with E-state index in [2.05, 4.69) is 10.6 Å². The number of methoxy groups -OCH3 is 1. The van der Waals surface area contributed by atoms with Gasteiger partial charge in [-0.3, -0.25) is 19.7 Å². The summed E-state index contributed by atoms with van der Waals surface area (Å²) in [6.45, 7) is 0.757. The van der Waals surface area contributed by atoms with Gasteiger partial charge in [0.1, 0.15) is 5.75 Å². The summed E-state index contributed by atoms with van der Waals surface area (Å²) in [6, 6.07) is 10.6. The quantitative estimate of drug-likeness (QED) is 0.463. The first kappa shape index (κ1) is 22.0. The summed E-state index contributed by atoms with van der Waals surface area (Å²) >= 11 is 0. The van der Waals surface area contributed by atoms with Gasteiger partial charge in [-0.2, -0.15) is 0 Å². The summed E-state index contributed by atoms with van der Waals surface area (Å²) in [6.07, 6.45) is 1.90. The van der Waals surface area contributed by atoms with Gasteiger partial charge in [0.15, 0.2) is 6.61 Å². The fourth-order valence-electron chi connectivity index (χ4n) is 3.13. The maximum atomic E-state index is 12.5. The van der Waals surface area contributed by atoms with Crippen molar-refractivity contribution in [3.8, 4) is 11.5 Å². The molecule has 0 spiro atoms. The number of carbonyl (C=O) groups excluding carboxylic acids is 2. The Bertz CT molecular complexity index is 958. The van der Waals surface area contributed by atoms with E-state index in [-0.39, 0.29) is 35.8 Å². The maximum Gasteiger partial charge on any atom is 0.311 e. The first-order chi connectivity index (χ1) is 15.0. The summed E-state index contributed by atoms with van der Waals surface area (Å²) in [4.78, 5) is 35.2. The van der Waals surface area contributed by atoms with E-state index in [4.69, 9.17) is 14.2 Å². The summed E-state index contributed by atoms with van der Waals surface area (Å²) < 4.78 is 15.9. The van der Waals surface area contributed by atoms with Gasteiger partial charge in [-0.05, 0) is 31.0 Å². The molecule has 1 aliphatic rings. The van der Waals surface area contributed by atoms with Crippen molar-refractivity contribution in [2.75, 3.05) is 32.2 Å². The zero-order valence-corrected chi connectivity index (χ0v) is 17.0. The summed E-state index contributed by atoms with van der Waals surface area (Å²) in [5, 5.41) is 16.4. The van der Waals surface area contributed by atoms with Crippen molar-refractivity contribution in [2.45, 2.75) is 18.9 Å². The SMILES string of the molecule is COc1cc(OCC(=O)Nc2ccccc2C(=O)NC[C@@H]2CCCO2)ccc1[N+](=O)[O-]. The minimum absolute atomic E-state index is 0.0118. The molecule has 0 bridgehead atoms. The number of nitrogens with one attached hydrogen (secondary N) is 2. The number of carbonyl (C=O) groups is 2. The van der Waals surface area contributed by atoms with Crippen LogP contribution < -0.4 is 20.1 Å². The molecular weight excluding hydrogens is 406 g/mol. The highest BCUT2D eigenvalue weighted by Crippen LogP contribution is 2.30. The van der Waals surface area contributed by atoms with Crippen molar-refractivity contribution in [3.63, 3.8) is 0 Å². The van der Waals surface area contributed by atoms with Crippen LogP contribution >= 0.6 is 0 Å². The van der Waals surface area contributed by atoms with Crippen molar-refractivity contribution >= 4 is 23.2 Å². The number of para-hydroxylation sites is 1. The number of benzene rings is 2. The number of amides is 2. The van der Waals surface area contributed by atoms with Gasteiger partial charge >= 0.3 is 5.69 Å². The minimum Gasteiger partial charge on any atom is -0.490 e. The van der Waals surface area contributed by atoms with E-state index < -0.39 is 10.8 Å². The van der Waals surface area contributed by atoms with Crippen LogP contribution in [0.25, 0.3) is 0 Å². The van der Waals surface area contributed by atoms with Gasteiger partial charge in [-0.15, -0.1) is 0 Å². The third-order valence-corrected chi connectivity index (χ3v) is 4.68. The standard InChI is InChI=1S/C21H23N3O7/c1-29-19-11-14(8-9-18(19)24(27)28)31-13-20(25)23-17-7-3-2-6-16(17)21(26)22-12-15-5-4-10-30-15/h2-3,6-9,11,15H,4-5,10,12-13H2,1H3,(H,22,26)(H,23,25)/t15-/m0/s1. The molecule has 10 heteroatoms. The van der Waals surface area contributed by atoms with Crippen molar-refractivity contribution in [1.29, 1.82) is 0 Å². The van der Waals surface area contributed by atoms with Crippen LogP contribution in [0.15, 0.2) is 42.5 Å². The molecule has 2 aromatic rings. The van der Waals surface area contributed by atoms with Crippen LogP contribution in [-0.4, -0.2) is 49.7 Å². The molecule has 0 radical (unpaired) electrons. The van der Waals surface area contributed by atoms with Crippen LogP contribution in [0, 0.1) is 10.1 Å². The fourth-order valence-corrected chi connectivity index (χ4v) is 3.13. The third-order valence-electron chi connectivity index (χ3n) is 4.68. The number of anilines is 1. The monoisotopic (exact) mass is 429 g/mol. The molecule has 0 aliphatic carbocycles. The Labute approximate surface area is 178 Å². The first-order valence-electron chi connectivity index (χ1n) is 9.72. The Morgan fingerprint density at radius 3 is 2.77 bits per heavy atom. The second-order valence-corrected chi connectivity index (χ2v) is 6.82. The van der Waals surface area contributed by atoms with Crippen LogP contribution in [0.5, 0.6) is 11.5 Å². The number of rotatable bonds is 9. The molecule has 1 atom stereocenters. The largest absolute Gasteiger partial charge is 0.490 e. The van der Waals surface area contributed by atoms with Crippen molar-refractivity contribution < 1.29 is 28.7 Å². The second-order valence-electron chi connectivity index (χ2n) is 6.82. The molecule has 1 saturated heterocycles. The van der Waals surface area contributed by atoms with Gasteiger partial charge in [-0.25, -0.2) is 0 Å². The summed E-state index contributed by atoms with van der Waals surface area (Å²) in [5.74, 6) is -0.541. The number of nitro benzene ring substituents is 1. The average Bonchev–Trinajstić information content (AvgIpc) is 3.30. The number of nitro groups is 1. The molecule has 1 fully saturated rings. The van der Waals surface area contributed by atoms with Crippen LogP contribution in [-0.2, 0) is 9.53 Å². The Morgan fingerprint density at radius 1 is 1.26 bits per heavy atom. The van der Waals surface area contributed by atoms with E-state index in [0.717, 1.165) is 12.8 Å². The van der Waals surface area contributed by atoms with E-state index in [1.807, 2.05) is 0 Å². The zero-order chi connectivity index (χ0) is 22.2. The highest BCUT2D eigenvalue weighted by molar-refractivity contribution is 6.04. The average molecular weight is 429 g/mol. The number of nitrogens with zero attached hydrogens (tertiary/aromatic N) is 1. The van der Waals surface area contributed by atoms with Gasteiger partial charge < -0.3 is 24.8 Å². The molecule has 164 valence electrons. The lowest BCUT2D eigenvalue weighted by Gasteiger charge is -2.14. The summed E-state index contributed by atoms with van der Waals surface area (Å²) in [7, 11) is 1.31. The predicted octanol–water partition coefficient (Wildman–Crippen LogP) is 2.53. The molecule has 10 nitrogen and oxygen atoms in total. The lowest BCUT2D eigenvalue weighted by atomic mass is 10.1. The lowest BCUT2D eigenvalue weighted by molar-refractivity contribution is -0.385. The molecule has 0 saturated carbocycles. The number of hydrogen-bond acceptors (Lipinski definition) is 7. The van der Waals surface area contributed by atoms with Crippen LogP contribution in [0.2, 0.25) is 0 Å². The normalized spacial score (nSPS) is 15.2. The lowest BCUT2D eigenvalue weighted by Crippen LogP contribution is -2.32. The topological polar surface area (TPSA) is 129 Å². The molecule has 1 heterocycles. The molecule has 2 N–H and O–H groups in total. The number of hydrogen-bond donors (Lipinski definition) is 2. The van der Waals surface area contributed by atoms with E-state index >= 15 is 0 Å². The minimum atomic E-state index is -0.573. The van der Waals surface area contributed by atoms with E-state index in [1.54, 1.807) is 24.3 Å². The molecule has 31 heavy (non-hydrogen) atoms. The second kappa shape index (κ2) is 10.4. The van der Waals surface area contributed by atoms with Gasteiger partial charge in [0, 0.05) is 25.3 Å². The molecule has 2 amide bonds. The molecule has 3 rings (SSSR count). The van der Waals surface area contributed by atoms with Crippen molar-refractivity contribution in [1.82, 2.24) is 5.32 Å². The Morgan fingerprint density at radius 2 is 2.06 bits per heavy atom. The smallest absolute Gasteiger partial charge is 0.311 e. The Balaban J connectivity index is 1.58. The van der Waals surface area contributed by atoms with E-state index in [1.165, 1.54) is 25.3 Å². The van der Waals surface area contributed by atoms with Crippen LogP contribution in [0.3, 0.4) is 0 Å². The molecule has 0 aromatic heterocycles. The third kappa shape index (κ3) is 5.92. The Kier molecular flexibility index (Phi) is 7.39. The van der Waals surface area contributed by atoms with E-state index in [9.17, 15) is 19.7 Å². The fraction of sp³-hybridized carbons (Fsp3) is 0.333. The van der Waals surface area contributed by atoms with Gasteiger partial charge in [0.2, 0.25) is 5.75 Å². The molecule has 2 aromatic carbocycles. The van der Waals surface area contributed by atoms with Crippen molar-refractivity contribution in [2.24, 2.45) is 0 Å². The highest BCUT2D eigenvalue weighted by Gasteiger charge is 2.19. The maximum absolute atomic E-state index is 12.5. The molecule has 0 unspecified atom stereocenters. The van der Waals surface area contributed by atoms with Crippen molar-refractivity contribution in [3.05, 3.63) is 58.1 Å². The molecule has 1 aliphatic heterocycles. The van der Waals surface area contributed by atoms with Crippen LogP contribution in [0.1, 0.15) is 23.2 Å². The predicted molar refractivity (Wildman–Crippen MR) is 112 cm³/mol. The number of ether oxygens (including phenoxy) is 3. The zero-order valence-electron chi connectivity index (χ0n) is 17.0. The van der Waals surface area contributed by atoms with Gasteiger partial charge in [0.25, 0.3) is 11.8 Å². The summed E-state index contributed by atoms with van der Waals surface area (Å²) in [5.41, 5.74) is 0.468. The molecular formula is C21H23N3O7. The van der Waals surface area contributed by atoms with Crippen LogP contribution in [0.4, 0.5) is 11.4 Å². The van der Waals surface area contributed by atoms with E-state index in [0.29, 0.717) is 24.4 Å². The highest BCUT2D eigenvalue weighted by atomic mass is 16.6. The van der Waals surface area contributed by atoms with Gasteiger partial charge in [-0.1, -0.05) is 12.1 Å². The Hall–Kier alpha value is -3.66. The van der Waals surface area contributed by atoms with Gasteiger partial charge in [0.05, 0.1) is 29.4 Å². The first-order valence-corrected chi connectivity index (χ1v) is 9.72.